The molecule has 0 radical (unpaired) electrons. The number of anilines is 7. The Labute approximate surface area is 393 Å². The fourth-order valence-electron chi connectivity index (χ4n) is 7.05. The molecule has 19 nitrogen and oxygen atoms in total. The summed E-state index contributed by atoms with van der Waals surface area (Å²) in [6.45, 7) is 11.5. The van der Waals surface area contributed by atoms with Crippen molar-refractivity contribution in [2.45, 2.75) is 59.5 Å². The number of carbonyl (C=O) groups excluding carboxylic acids is 5. The Morgan fingerprint density at radius 1 is 0.750 bits per heavy atom. The van der Waals surface area contributed by atoms with E-state index in [1.165, 1.54) is 30.6 Å². The molecule has 2 aliphatic rings. The van der Waals surface area contributed by atoms with Crippen LogP contribution in [0.25, 0.3) is 11.0 Å². The standard InChI is InChI=1S/C23H25FN4O3.C23H27N5O4.C2H5NO2/c1-15(2)11-21(26-18-5-8-20(24)16(12-18)13-25)23(30)27-17-3-6-19(7-4-17)28-9-10-31-14-22(28)29;1-14(2)11-19(25-16-5-8-20-18(12-16)22(24)27-32-20)23(30)26-15-3-6-17(7-4-15)28-9-10-31-13-21(28)29;1-2(4)3-5/h3-8,12,15,21,26H,9-11,14H2,1-2H3,(H,27,30);3-8,12,14,19,25H,9-11,13H2,1-2H3,(H2,24,27)(H,26,30);5H,1H3,(H,3,4). The third-order valence-corrected chi connectivity index (χ3v) is 10.3. The molecule has 0 aliphatic carbocycles. The number of halogens is 1. The number of carbonyl (C=O) groups is 5. The van der Waals surface area contributed by atoms with Crippen LogP contribution in [-0.4, -0.2) is 91.5 Å². The Morgan fingerprint density at radius 3 is 1.62 bits per heavy atom. The van der Waals surface area contributed by atoms with Gasteiger partial charge in [-0.2, -0.15) is 5.26 Å². The Balaban J connectivity index is 0.000000231. The van der Waals surface area contributed by atoms with Gasteiger partial charge in [-0.25, -0.2) is 9.87 Å². The molecule has 0 spiro atoms. The highest BCUT2D eigenvalue weighted by molar-refractivity contribution is 5.99. The van der Waals surface area contributed by atoms with Gasteiger partial charge in [0.15, 0.2) is 11.4 Å². The summed E-state index contributed by atoms with van der Waals surface area (Å²) in [6.07, 6.45) is 1.19. The van der Waals surface area contributed by atoms with Crippen LogP contribution in [0, 0.1) is 29.0 Å². The second-order valence-electron chi connectivity index (χ2n) is 16.7. The highest BCUT2D eigenvalue weighted by Crippen LogP contribution is 2.27. The van der Waals surface area contributed by atoms with Crippen LogP contribution in [0.4, 0.5) is 44.3 Å². The van der Waals surface area contributed by atoms with E-state index in [4.69, 9.17) is 30.2 Å². The van der Waals surface area contributed by atoms with Gasteiger partial charge in [-0.15, -0.1) is 0 Å². The largest absolute Gasteiger partial charge is 0.380 e. The van der Waals surface area contributed by atoms with Gasteiger partial charge in [-0.1, -0.05) is 32.9 Å². The molecule has 2 fully saturated rings. The summed E-state index contributed by atoms with van der Waals surface area (Å²) in [6, 6.07) is 24.6. The first-order valence-electron chi connectivity index (χ1n) is 21.9. The van der Waals surface area contributed by atoms with Gasteiger partial charge in [-0.05, 0) is 110 Å². The molecule has 8 N–H and O–H groups in total. The van der Waals surface area contributed by atoms with Crippen molar-refractivity contribution in [3.05, 3.63) is 96.3 Å². The lowest BCUT2D eigenvalue weighted by Gasteiger charge is -2.27. The van der Waals surface area contributed by atoms with E-state index >= 15 is 0 Å². The van der Waals surface area contributed by atoms with Gasteiger partial charge in [0.1, 0.15) is 37.2 Å². The maximum atomic E-state index is 13.6. The fourth-order valence-corrected chi connectivity index (χ4v) is 7.05. The quantitative estimate of drug-likeness (QED) is 0.0478. The van der Waals surface area contributed by atoms with Gasteiger partial charge in [0, 0.05) is 54.1 Å². The summed E-state index contributed by atoms with van der Waals surface area (Å²) in [5.41, 5.74) is 11.8. The first-order valence-corrected chi connectivity index (χ1v) is 21.9. The van der Waals surface area contributed by atoms with Crippen LogP contribution >= 0.6 is 0 Å². The molecule has 20 heteroatoms. The molecule has 2 atom stereocenters. The highest BCUT2D eigenvalue weighted by atomic mass is 19.1. The molecule has 2 saturated heterocycles. The predicted molar refractivity (Wildman–Crippen MR) is 255 cm³/mol. The molecular weight excluding hydrogens is 880 g/mol. The number of nitrogens with one attached hydrogen (secondary N) is 5. The number of ether oxygens (including phenoxy) is 2. The van der Waals surface area contributed by atoms with Gasteiger partial charge in [0.2, 0.25) is 17.7 Å². The number of rotatable bonds is 14. The monoisotopic (exact) mass is 936 g/mol. The van der Waals surface area contributed by atoms with Crippen molar-refractivity contribution >= 4 is 80.4 Å². The SMILES string of the molecule is CC(=O)NO.CC(C)CC(Nc1ccc(F)c(C#N)c1)C(=O)Nc1ccc(N2CCOCC2=O)cc1.CC(C)CC(Nc1ccc2onc(N)c2c1)C(=O)Nc1ccc(N2CCOCC2=O)cc1. The van der Waals surface area contributed by atoms with Crippen LogP contribution < -0.4 is 42.3 Å². The van der Waals surface area contributed by atoms with Crippen molar-refractivity contribution in [1.82, 2.24) is 10.6 Å². The first-order chi connectivity index (χ1) is 32.5. The molecule has 68 heavy (non-hydrogen) atoms. The van der Waals surface area contributed by atoms with E-state index in [9.17, 15) is 28.4 Å². The zero-order valence-corrected chi connectivity index (χ0v) is 38.5. The number of amides is 5. The number of aromatic nitrogens is 1. The number of nitrogen functional groups attached to an aromatic ring is 1. The fraction of sp³-hybridized carbons (Fsp3) is 0.354. The van der Waals surface area contributed by atoms with Crippen LogP contribution in [-0.2, 0) is 33.4 Å². The topological polar surface area (TPSA) is 267 Å². The summed E-state index contributed by atoms with van der Waals surface area (Å²) >= 11 is 0. The molecule has 2 unspecified atom stereocenters. The van der Waals surface area contributed by atoms with Gasteiger partial charge in [0.25, 0.3) is 11.8 Å². The van der Waals surface area contributed by atoms with E-state index in [1.807, 2.05) is 38.1 Å². The lowest BCUT2D eigenvalue weighted by molar-refractivity contribution is -0.127. The molecular formula is C48H57FN10O9. The van der Waals surface area contributed by atoms with E-state index in [2.05, 4.69) is 40.3 Å². The summed E-state index contributed by atoms with van der Waals surface area (Å²) in [4.78, 5) is 62.8. The molecule has 5 aromatic rings. The summed E-state index contributed by atoms with van der Waals surface area (Å²) in [5, 5.41) is 33.3. The smallest absolute Gasteiger partial charge is 0.253 e. The summed E-state index contributed by atoms with van der Waals surface area (Å²) in [7, 11) is 0. The molecule has 4 aromatic carbocycles. The molecule has 5 amide bonds. The van der Waals surface area contributed by atoms with Crippen LogP contribution in [0.3, 0.4) is 0 Å². The molecule has 7 rings (SSSR count). The third-order valence-electron chi connectivity index (χ3n) is 10.3. The van der Waals surface area contributed by atoms with Crippen molar-refractivity contribution in [1.29, 1.82) is 5.26 Å². The van der Waals surface area contributed by atoms with Crippen molar-refractivity contribution in [3.8, 4) is 6.07 Å². The van der Waals surface area contributed by atoms with E-state index in [0.717, 1.165) is 17.1 Å². The predicted octanol–water partition coefficient (Wildman–Crippen LogP) is 6.28. The second kappa shape index (κ2) is 24.8. The number of hydrogen-bond donors (Lipinski definition) is 7. The molecule has 3 heterocycles. The van der Waals surface area contributed by atoms with Crippen LogP contribution in [0.15, 0.2) is 89.5 Å². The summed E-state index contributed by atoms with van der Waals surface area (Å²) in [5.74, 6) is -0.751. The minimum atomic E-state index is -0.600. The normalized spacial score (nSPS) is 14.4. The first kappa shape index (κ1) is 51.4. The average Bonchev–Trinajstić information content (AvgIpc) is 3.69. The number of morpholine rings is 2. The zero-order chi connectivity index (χ0) is 49.3. The molecule has 360 valence electrons. The molecule has 0 bridgehead atoms. The number of nitrogens with two attached hydrogens (primary N) is 1. The van der Waals surface area contributed by atoms with Gasteiger partial charge < -0.3 is 50.8 Å². The Bertz CT molecular complexity index is 2560. The summed E-state index contributed by atoms with van der Waals surface area (Å²) < 4.78 is 29.1. The van der Waals surface area contributed by atoms with E-state index in [0.29, 0.717) is 78.9 Å². The van der Waals surface area contributed by atoms with Gasteiger partial charge in [0.05, 0.1) is 24.2 Å². The Kier molecular flexibility index (Phi) is 18.7. The van der Waals surface area contributed by atoms with E-state index < -0.39 is 23.8 Å². The third kappa shape index (κ3) is 15.0. The van der Waals surface area contributed by atoms with Gasteiger partial charge >= 0.3 is 0 Å². The minimum Gasteiger partial charge on any atom is -0.380 e. The Hall–Kier alpha value is -7.60. The zero-order valence-electron chi connectivity index (χ0n) is 38.5. The number of nitrogens with zero attached hydrogens (tertiary/aromatic N) is 4. The number of nitriles is 1. The van der Waals surface area contributed by atoms with Crippen LogP contribution in [0.2, 0.25) is 0 Å². The number of hydrogen-bond acceptors (Lipinski definition) is 14. The van der Waals surface area contributed by atoms with Crippen LogP contribution in [0.5, 0.6) is 0 Å². The second-order valence-corrected chi connectivity index (χ2v) is 16.7. The van der Waals surface area contributed by atoms with Crippen molar-refractivity contribution in [2.24, 2.45) is 11.8 Å². The minimum absolute atomic E-state index is 0.0674. The van der Waals surface area contributed by atoms with E-state index in [1.54, 1.807) is 58.3 Å². The van der Waals surface area contributed by atoms with Crippen molar-refractivity contribution < 1.29 is 47.6 Å². The lowest BCUT2D eigenvalue weighted by atomic mass is 10.0. The maximum Gasteiger partial charge on any atom is 0.253 e. The van der Waals surface area contributed by atoms with Gasteiger partial charge in [-0.3, -0.25) is 29.2 Å². The highest BCUT2D eigenvalue weighted by Gasteiger charge is 2.24. The number of benzene rings is 4. The lowest BCUT2D eigenvalue weighted by Crippen LogP contribution is -2.41. The van der Waals surface area contributed by atoms with Crippen molar-refractivity contribution in [2.75, 3.05) is 76.3 Å². The number of hydroxylamine groups is 1. The number of fused-ring (bicyclic) bond motifs is 1. The van der Waals surface area contributed by atoms with Crippen LogP contribution in [0.1, 0.15) is 53.0 Å². The van der Waals surface area contributed by atoms with E-state index in [-0.39, 0.29) is 48.3 Å². The van der Waals surface area contributed by atoms with Crippen molar-refractivity contribution in [3.63, 3.8) is 0 Å². The molecule has 2 aliphatic heterocycles. The maximum absolute atomic E-state index is 13.6. The Morgan fingerprint density at radius 2 is 1.19 bits per heavy atom. The molecule has 1 aromatic heterocycles. The average molecular weight is 937 g/mol. The molecule has 0 saturated carbocycles.